The number of nitrogens with zero attached hydrogens (tertiary/aromatic N) is 4. The second kappa shape index (κ2) is 6.81. The van der Waals surface area contributed by atoms with Crippen LogP contribution in [-0.4, -0.2) is 35.8 Å². The molecule has 2 radical (unpaired) electrons. The second-order valence-electron chi connectivity index (χ2n) is 6.01. The molecule has 0 spiro atoms. The summed E-state index contributed by atoms with van der Waals surface area (Å²) in [6.45, 7) is 0. The Bertz CT molecular complexity index is 1360. The number of nitrogens with one attached hydrogen (secondary N) is 1. The van der Waals surface area contributed by atoms with Gasteiger partial charge in [-0.05, 0) is 30.3 Å². The Morgan fingerprint density at radius 3 is 2.62 bits per heavy atom. The zero-order valence-corrected chi connectivity index (χ0v) is 15.4. The number of nitrogen functional groups attached to an aromatic ring is 1. The molecule has 29 heavy (non-hydrogen) atoms. The zero-order valence-electron chi connectivity index (χ0n) is 14.5. The molecule has 0 amide bonds. The number of sulfonamides is 1. The summed E-state index contributed by atoms with van der Waals surface area (Å²) in [6, 6.07) is 6.84. The molecule has 0 unspecified atom stereocenters. The third-order valence-corrected chi connectivity index (χ3v) is 5.43. The fraction of sp³-hybridized carbons (Fsp3) is 0. The molecule has 3 N–H and O–H groups in total. The van der Waals surface area contributed by atoms with Gasteiger partial charge in [0, 0.05) is 23.4 Å². The van der Waals surface area contributed by atoms with Gasteiger partial charge in [0.1, 0.15) is 30.2 Å². The van der Waals surface area contributed by atoms with Gasteiger partial charge in [-0.25, -0.2) is 22.2 Å². The number of halogens is 2. The number of anilines is 2. The van der Waals surface area contributed by atoms with E-state index in [0.29, 0.717) is 28.8 Å². The van der Waals surface area contributed by atoms with Crippen LogP contribution in [0.3, 0.4) is 0 Å². The van der Waals surface area contributed by atoms with Crippen LogP contribution >= 0.6 is 0 Å². The van der Waals surface area contributed by atoms with Crippen molar-refractivity contribution < 1.29 is 17.2 Å². The molecule has 0 aliphatic heterocycles. The summed E-state index contributed by atoms with van der Waals surface area (Å²) >= 11 is 0. The smallest absolute Gasteiger partial charge is 0.264 e. The van der Waals surface area contributed by atoms with Gasteiger partial charge in [-0.2, -0.15) is 9.61 Å². The number of hydrogen-bond donors (Lipinski definition) is 2. The normalized spacial score (nSPS) is 11.7. The zero-order chi connectivity index (χ0) is 20.8. The van der Waals surface area contributed by atoms with Gasteiger partial charge in [-0.15, -0.1) is 0 Å². The first-order valence-corrected chi connectivity index (χ1v) is 9.57. The molecule has 3 heterocycles. The minimum atomic E-state index is -4.38. The summed E-state index contributed by atoms with van der Waals surface area (Å²) < 4.78 is 55.6. The summed E-state index contributed by atoms with van der Waals surface area (Å²) in [5.74, 6) is -1.81. The highest BCUT2D eigenvalue weighted by atomic mass is 32.2. The number of hydrogen-bond acceptors (Lipinski definition) is 6. The van der Waals surface area contributed by atoms with Crippen molar-refractivity contribution in [1.82, 2.24) is 19.6 Å². The van der Waals surface area contributed by atoms with Gasteiger partial charge >= 0.3 is 0 Å². The van der Waals surface area contributed by atoms with E-state index in [9.17, 15) is 17.2 Å². The second-order valence-corrected chi connectivity index (χ2v) is 7.66. The lowest BCUT2D eigenvalue weighted by Crippen LogP contribution is -2.22. The fourth-order valence-corrected chi connectivity index (χ4v) is 3.76. The molecule has 0 saturated heterocycles. The number of fused-ring (bicyclic) bond motifs is 1. The molecule has 12 heteroatoms. The van der Waals surface area contributed by atoms with E-state index < -0.39 is 26.6 Å². The van der Waals surface area contributed by atoms with E-state index in [4.69, 9.17) is 13.6 Å². The van der Waals surface area contributed by atoms with Crippen LogP contribution in [0.5, 0.6) is 0 Å². The highest BCUT2D eigenvalue weighted by molar-refractivity contribution is 7.92. The van der Waals surface area contributed by atoms with Gasteiger partial charge in [-0.3, -0.25) is 9.71 Å². The first kappa shape index (κ1) is 18.8. The van der Waals surface area contributed by atoms with Crippen LogP contribution in [0.4, 0.5) is 20.3 Å². The van der Waals surface area contributed by atoms with E-state index >= 15 is 0 Å². The summed E-state index contributed by atoms with van der Waals surface area (Å²) in [6.07, 6.45) is 2.84. The summed E-state index contributed by atoms with van der Waals surface area (Å²) in [5.41, 5.74) is 6.94. The Hall–Kier alpha value is -3.54. The molecule has 3 aromatic heterocycles. The van der Waals surface area contributed by atoms with Crippen molar-refractivity contribution in [3.63, 3.8) is 0 Å². The quantitative estimate of drug-likeness (QED) is 0.488. The van der Waals surface area contributed by atoms with Gasteiger partial charge in [-0.1, -0.05) is 0 Å². The number of aromatic nitrogens is 4. The number of benzene rings is 1. The molecule has 0 aliphatic rings. The maximum Gasteiger partial charge on any atom is 0.264 e. The maximum atomic E-state index is 13.9. The van der Waals surface area contributed by atoms with Gasteiger partial charge in [0.05, 0.1) is 17.6 Å². The van der Waals surface area contributed by atoms with Crippen LogP contribution in [-0.2, 0) is 10.0 Å². The van der Waals surface area contributed by atoms with Gasteiger partial charge < -0.3 is 5.73 Å². The van der Waals surface area contributed by atoms with Crippen LogP contribution in [0.2, 0.25) is 0 Å². The lowest BCUT2D eigenvalue weighted by Gasteiger charge is -2.12. The molecule has 4 aromatic rings. The number of rotatable bonds is 4. The lowest BCUT2D eigenvalue weighted by molar-refractivity contribution is 0.551. The van der Waals surface area contributed by atoms with Crippen molar-refractivity contribution in [1.29, 1.82) is 0 Å². The minimum absolute atomic E-state index is 0.0910. The Balaban J connectivity index is 1.74. The monoisotopic (exact) mass is 412 g/mol. The molecule has 8 nitrogen and oxygen atoms in total. The molecule has 1 aromatic carbocycles. The van der Waals surface area contributed by atoms with E-state index in [2.05, 4.69) is 19.8 Å². The molecule has 0 atom stereocenters. The summed E-state index contributed by atoms with van der Waals surface area (Å²) in [5, 5.41) is 4.32. The average Bonchev–Trinajstić information content (AvgIpc) is 3.03. The molecular weight excluding hydrogens is 401 g/mol. The van der Waals surface area contributed by atoms with Crippen molar-refractivity contribution in [3.05, 3.63) is 60.4 Å². The van der Waals surface area contributed by atoms with Gasteiger partial charge in [0.25, 0.3) is 10.0 Å². The number of imidazole rings is 1. The van der Waals surface area contributed by atoms with Crippen LogP contribution in [0, 0.1) is 11.6 Å². The number of nitrogens with two attached hydrogens (primary N) is 1. The fourth-order valence-electron chi connectivity index (χ4n) is 2.64. The van der Waals surface area contributed by atoms with E-state index in [0.717, 1.165) is 12.1 Å². The van der Waals surface area contributed by atoms with Crippen molar-refractivity contribution in [2.24, 2.45) is 0 Å². The minimum Gasteiger partial charge on any atom is -0.382 e. The first-order chi connectivity index (χ1) is 13.7. The predicted molar refractivity (Wildman–Crippen MR) is 103 cm³/mol. The summed E-state index contributed by atoms with van der Waals surface area (Å²) in [4.78, 5) is 7.30. The van der Waals surface area contributed by atoms with E-state index in [1.807, 2.05) is 0 Å². The Labute approximate surface area is 164 Å². The Morgan fingerprint density at radius 2 is 1.86 bits per heavy atom. The lowest BCUT2D eigenvalue weighted by atomic mass is 10.0. The maximum absolute atomic E-state index is 13.9. The SMILES string of the molecule is [B]c1ncc(-c2ccc3ncc(N)n3n2)cc1NS(=O)(=O)c1ccc(F)cc1F. The Morgan fingerprint density at radius 1 is 1.07 bits per heavy atom. The van der Waals surface area contributed by atoms with E-state index in [1.165, 1.54) is 23.0 Å². The van der Waals surface area contributed by atoms with E-state index in [-0.39, 0.29) is 11.3 Å². The largest absolute Gasteiger partial charge is 0.382 e. The van der Waals surface area contributed by atoms with Gasteiger partial charge in [0.15, 0.2) is 5.65 Å². The topological polar surface area (TPSA) is 115 Å². The third-order valence-electron chi connectivity index (χ3n) is 4.03. The highest BCUT2D eigenvalue weighted by Crippen LogP contribution is 2.23. The van der Waals surface area contributed by atoms with Crippen LogP contribution in [0.25, 0.3) is 16.9 Å². The van der Waals surface area contributed by atoms with Crippen molar-refractivity contribution in [2.75, 3.05) is 10.5 Å². The molecular formula is C17H11BF2N6O2S. The third kappa shape index (κ3) is 3.49. The molecule has 144 valence electrons. The van der Waals surface area contributed by atoms with Crippen LogP contribution < -0.4 is 16.0 Å². The van der Waals surface area contributed by atoms with Gasteiger partial charge in [0.2, 0.25) is 0 Å². The van der Waals surface area contributed by atoms with Crippen molar-refractivity contribution >= 4 is 40.6 Å². The highest BCUT2D eigenvalue weighted by Gasteiger charge is 2.21. The van der Waals surface area contributed by atoms with Crippen molar-refractivity contribution in [2.45, 2.75) is 4.90 Å². The van der Waals surface area contributed by atoms with Crippen molar-refractivity contribution in [3.8, 4) is 11.3 Å². The Kier molecular flexibility index (Phi) is 4.42. The van der Waals surface area contributed by atoms with Crippen LogP contribution in [0.15, 0.2) is 53.7 Å². The predicted octanol–water partition coefficient (Wildman–Crippen LogP) is 1.25. The average molecular weight is 412 g/mol. The molecule has 0 fully saturated rings. The molecule has 4 rings (SSSR count). The molecule has 0 saturated carbocycles. The molecule has 0 aliphatic carbocycles. The standard InChI is InChI=1S/C17H11BF2N6O2S/c18-17-13(25-29(27,28)14-3-1-10(19)6-11(14)20)5-9(7-23-17)12-2-4-16-22-8-15(21)26(16)24-12/h1-8,25H,21H2. The molecule has 0 bridgehead atoms. The number of pyridine rings is 1. The summed E-state index contributed by atoms with van der Waals surface area (Å²) in [7, 11) is 1.38. The van der Waals surface area contributed by atoms with Crippen LogP contribution in [0.1, 0.15) is 0 Å². The van der Waals surface area contributed by atoms with E-state index in [1.54, 1.807) is 12.1 Å². The first-order valence-electron chi connectivity index (χ1n) is 8.08.